The van der Waals surface area contributed by atoms with Gasteiger partial charge in [-0.2, -0.15) is 0 Å². The third kappa shape index (κ3) is 3.26. The van der Waals surface area contributed by atoms with Crippen LogP contribution < -0.4 is 0 Å². The van der Waals surface area contributed by atoms with Crippen LogP contribution in [0.15, 0.2) is 170 Å². The van der Waals surface area contributed by atoms with E-state index in [-0.39, 0.29) is 0 Å². The van der Waals surface area contributed by atoms with Gasteiger partial charge < -0.3 is 0 Å². The van der Waals surface area contributed by atoms with Crippen molar-refractivity contribution in [3.63, 3.8) is 0 Å². The molecule has 0 unspecified atom stereocenters. The van der Waals surface area contributed by atoms with E-state index < -0.39 is 0 Å². The number of hydrogen-bond acceptors (Lipinski definition) is 0. The Hall–Kier alpha value is -6.50. The molecule has 0 radical (unpaired) electrons. The average molecular weight is 629 g/mol. The van der Waals surface area contributed by atoms with Crippen LogP contribution >= 0.6 is 0 Å². The van der Waals surface area contributed by atoms with Crippen molar-refractivity contribution in [2.75, 3.05) is 0 Å². The molecule has 0 N–H and O–H groups in total. The molecule has 0 aromatic heterocycles. The summed E-state index contributed by atoms with van der Waals surface area (Å²) in [4.78, 5) is 0. The summed E-state index contributed by atoms with van der Waals surface area (Å²) in [5.74, 6) is 0. The van der Waals surface area contributed by atoms with Gasteiger partial charge in [-0.1, -0.05) is 170 Å². The first kappa shape index (κ1) is 26.5. The minimum absolute atomic E-state index is 1.25. The molecule has 0 saturated carbocycles. The maximum absolute atomic E-state index is 2.41. The Morgan fingerprint density at radius 1 is 0.200 bits per heavy atom. The highest BCUT2D eigenvalue weighted by molar-refractivity contribution is 6.35. The van der Waals surface area contributed by atoms with E-state index in [0.29, 0.717) is 0 Å². The smallest absolute Gasteiger partial charge is 0.000741 e. The highest BCUT2D eigenvalue weighted by Crippen LogP contribution is 2.59. The fourth-order valence-corrected chi connectivity index (χ4v) is 9.57. The Kier molecular flexibility index (Phi) is 5.06. The largest absolute Gasteiger partial charge is 0.0622 e. The molecule has 0 spiro atoms. The maximum atomic E-state index is 2.41. The molecule has 10 aromatic carbocycles. The van der Waals surface area contributed by atoms with Crippen molar-refractivity contribution >= 4 is 53.9 Å². The SMILES string of the molecule is c1ccc(-c2c3c(c(-c4ccccc4)c4ccccc24)-c2ccc(-c4ccc5c6c4ccc4ccc7cccc-5c7c46)c4cccc-3c24)cc1. The number of benzene rings is 10. The first-order chi connectivity index (χ1) is 24.8. The quantitative estimate of drug-likeness (QED) is 0.171. The van der Waals surface area contributed by atoms with Crippen molar-refractivity contribution in [2.24, 2.45) is 0 Å². The molecule has 0 saturated heterocycles. The van der Waals surface area contributed by atoms with Crippen LogP contribution in [0.4, 0.5) is 0 Å². The van der Waals surface area contributed by atoms with E-state index in [1.807, 2.05) is 0 Å². The van der Waals surface area contributed by atoms with Crippen molar-refractivity contribution < 1.29 is 0 Å². The predicted molar refractivity (Wildman–Crippen MR) is 214 cm³/mol. The Morgan fingerprint density at radius 3 is 1.34 bits per heavy atom. The number of rotatable bonds is 3. The van der Waals surface area contributed by atoms with Gasteiger partial charge in [-0.25, -0.2) is 0 Å². The van der Waals surface area contributed by atoms with E-state index in [9.17, 15) is 0 Å². The van der Waals surface area contributed by atoms with Gasteiger partial charge in [-0.3, -0.25) is 0 Å². The Balaban J connectivity index is 1.21. The van der Waals surface area contributed by atoms with Gasteiger partial charge in [0.15, 0.2) is 0 Å². The van der Waals surface area contributed by atoms with Crippen molar-refractivity contribution in [1.29, 1.82) is 0 Å². The Bertz CT molecular complexity index is 3020. The van der Waals surface area contributed by atoms with Gasteiger partial charge in [-0.05, 0) is 121 Å². The van der Waals surface area contributed by atoms with Gasteiger partial charge in [0.1, 0.15) is 0 Å². The van der Waals surface area contributed by atoms with Crippen molar-refractivity contribution in [1.82, 2.24) is 0 Å². The molecule has 0 aliphatic heterocycles. The van der Waals surface area contributed by atoms with Crippen LogP contribution in [0.3, 0.4) is 0 Å². The molecule has 0 bridgehead atoms. The van der Waals surface area contributed by atoms with Crippen LogP contribution in [0, 0.1) is 0 Å². The topological polar surface area (TPSA) is 0 Å². The monoisotopic (exact) mass is 628 g/mol. The number of hydrogen-bond donors (Lipinski definition) is 0. The standard InChI is InChI=1S/C50H28/c1-3-11-29(12-4-1)44-36-16-7-8-17-37(36)45(30-13-5-2-6-14-30)50-42-28-26-33(35-19-10-20-41(47(35)42)49(44)50)34-25-27-40-38-18-9-15-31-21-22-32-23-24-39(34)48(40)46(32)43(31)38/h1-28H. The summed E-state index contributed by atoms with van der Waals surface area (Å²) < 4.78 is 0. The molecule has 12 rings (SSSR count). The van der Waals surface area contributed by atoms with Gasteiger partial charge in [-0.15, -0.1) is 0 Å². The lowest BCUT2D eigenvalue weighted by Gasteiger charge is -2.20. The lowest BCUT2D eigenvalue weighted by molar-refractivity contribution is 1.62. The van der Waals surface area contributed by atoms with E-state index in [1.165, 1.54) is 121 Å². The molecule has 10 aromatic rings. The average Bonchev–Trinajstić information content (AvgIpc) is 3.70. The normalized spacial score (nSPS) is 12.4. The lowest BCUT2D eigenvalue weighted by Crippen LogP contribution is -1.93. The van der Waals surface area contributed by atoms with Crippen LogP contribution in [0.2, 0.25) is 0 Å². The molecule has 0 fully saturated rings. The molecule has 0 amide bonds. The summed E-state index contributed by atoms with van der Waals surface area (Å²) >= 11 is 0. The Morgan fingerprint density at radius 2 is 0.660 bits per heavy atom. The van der Waals surface area contributed by atoms with Crippen LogP contribution in [0.1, 0.15) is 0 Å². The van der Waals surface area contributed by atoms with Gasteiger partial charge in [0.2, 0.25) is 0 Å². The highest BCUT2D eigenvalue weighted by atomic mass is 14.3. The summed E-state index contributed by atoms with van der Waals surface area (Å²) in [5.41, 5.74) is 15.8. The second-order valence-corrected chi connectivity index (χ2v) is 13.9. The van der Waals surface area contributed by atoms with Gasteiger partial charge in [0.05, 0.1) is 0 Å². The molecule has 0 nitrogen and oxygen atoms in total. The molecule has 2 aliphatic carbocycles. The van der Waals surface area contributed by atoms with Gasteiger partial charge in [0, 0.05) is 0 Å². The van der Waals surface area contributed by atoms with Crippen molar-refractivity contribution in [3.05, 3.63) is 170 Å². The fourth-order valence-electron chi connectivity index (χ4n) is 9.57. The Labute approximate surface area is 289 Å². The second-order valence-electron chi connectivity index (χ2n) is 13.9. The minimum atomic E-state index is 1.25. The molecule has 2 aliphatic rings. The summed E-state index contributed by atoms with van der Waals surface area (Å²) in [6.07, 6.45) is 0. The zero-order valence-electron chi connectivity index (χ0n) is 27.2. The molecular formula is C50H28. The molecule has 228 valence electrons. The highest BCUT2D eigenvalue weighted by Gasteiger charge is 2.31. The van der Waals surface area contributed by atoms with Crippen molar-refractivity contribution in [3.8, 4) is 66.8 Å². The van der Waals surface area contributed by atoms with E-state index >= 15 is 0 Å². The van der Waals surface area contributed by atoms with Crippen molar-refractivity contribution in [2.45, 2.75) is 0 Å². The van der Waals surface area contributed by atoms with E-state index in [2.05, 4.69) is 170 Å². The fraction of sp³-hybridized carbons (Fsp3) is 0. The van der Waals surface area contributed by atoms with Crippen LogP contribution in [0.5, 0.6) is 0 Å². The molecule has 0 heteroatoms. The second kappa shape index (κ2) is 9.56. The predicted octanol–water partition coefficient (Wildman–Crippen LogP) is 14.1. The van der Waals surface area contributed by atoms with Gasteiger partial charge in [0.25, 0.3) is 0 Å². The summed E-state index contributed by atoms with van der Waals surface area (Å²) in [6, 6.07) is 63.5. The van der Waals surface area contributed by atoms with Crippen LogP contribution in [0.25, 0.3) is 121 Å². The van der Waals surface area contributed by atoms with E-state index in [0.717, 1.165) is 0 Å². The maximum Gasteiger partial charge on any atom is -0.000741 e. The summed E-state index contributed by atoms with van der Waals surface area (Å²) in [7, 11) is 0. The van der Waals surface area contributed by atoms with Crippen LogP contribution in [-0.2, 0) is 0 Å². The molecule has 0 atom stereocenters. The zero-order chi connectivity index (χ0) is 32.5. The third-order valence-electron chi connectivity index (χ3n) is 11.5. The lowest BCUT2D eigenvalue weighted by atomic mass is 9.82. The van der Waals surface area contributed by atoms with Gasteiger partial charge >= 0.3 is 0 Å². The first-order valence-electron chi connectivity index (χ1n) is 17.5. The minimum Gasteiger partial charge on any atom is -0.0622 e. The first-order valence-corrected chi connectivity index (χ1v) is 17.5. The third-order valence-corrected chi connectivity index (χ3v) is 11.5. The summed E-state index contributed by atoms with van der Waals surface area (Å²) in [6.45, 7) is 0. The molecular weight excluding hydrogens is 601 g/mol. The number of fused-ring (bicyclic) bond motifs is 5. The van der Waals surface area contributed by atoms with E-state index in [1.54, 1.807) is 0 Å². The zero-order valence-corrected chi connectivity index (χ0v) is 27.2. The van der Waals surface area contributed by atoms with E-state index in [4.69, 9.17) is 0 Å². The summed E-state index contributed by atoms with van der Waals surface area (Å²) in [5, 5.41) is 13.4. The molecule has 0 heterocycles. The van der Waals surface area contributed by atoms with Crippen LogP contribution in [-0.4, -0.2) is 0 Å². The molecule has 50 heavy (non-hydrogen) atoms.